The van der Waals surface area contributed by atoms with Crippen LogP contribution in [-0.2, 0) is 16.4 Å². The molecule has 0 aliphatic heterocycles. The summed E-state index contributed by atoms with van der Waals surface area (Å²) in [5, 5.41) is 6.27. The number of aldehydes is 2. The summed E-state index contributed by atoms with van der Waals surface area (Å²) in [6, 6.07) is 39.4. The van der Waals surface area contributed by atoms with Crippen molar-refractivity contribution in [2.45, 2.75) is 104 Å². The highest BCUT2D eigenvalue weighted by Crippen LogP contribution is 2.37. The molecule has 8 heteroatoms. The minimum absolute atomic E-state index is 0.00523. The highest BCUT2D eigenvalue weighted by atomic mass is 16.5. The van der Waals surface area contributed by atoms with E-state index in [1.807, 2.05) is 72.8 Å². The lowest BCUT2D eigenvalue weighted by molar-refractivity contribution is 0.0884. The van der Waals surface area contributed by atoms with Gasteiger partial charge in [-0.15, -0.1) is 0 Å². The maximum atomic E-state index is 13.8. The molecule has 6 aromatic carbocycles. The summed E-state index contributed by atoms with van der Waals surface area (Å²) < 4.78 is 12.4. The summed E-state index contributed by atoms with van der Waals surface area (Å²) in [6.07, 6.45) is 4.70. The molecule has 2 amide bonds. The lowest BCUT2D eigenvalue weighted by Gasteiger charge is -2.36. The Bertz CT molecular complexity index is 2620. The summed E-state index contributed by atoms with van der Waals surface area (Å²) in [5.74, 6) is 1.33. The molecule has 0 saturated heterocycles. The van der Waals surface area contributed by atoms with E-state index >= 15 is 0 Å². The van der Waals surface area contributed by atoms with Gasteiger partial charge in [0.25, 0.3) is 11.8 Å². The number of benzene rings is 6. The number of amides is 2. The van der Waals surface area contributed by atoms with Crippen LogP contribution < -0.4 is 20.1 Å². The van der Waals surface area contributed by atoms with E-state index in [1.165, 1.54) is 0 Å². The first-order valence-electron chi connectivity index (χ1n) is 22.2. The molecule has 6 rings (SSSR count). The van der Waals surface area contributed by atoms with Crippen molar-refractivity contribution >= 4 is 30.1 Å². The van der Waals surface area contributed by atoms with Gasteiger partial charge in [-0.25, -0.2) is 0 Å². The summed E-state index contributed by atoms with van der Waals surface area (Å²) in [7, 11) is 0. The minimum atomic E-state index is -0.580. The van der Waals surface area contributed by atoms with Crippen LogP contribution in [-0.4, -0.2) is 24.4 Å². The fourth-order valence-corrected chi connectivity index (χ4v) is 8.65. The fraction of sp³-hybridized carbons (Fsp3) is 0.286. The van der Waals surface area contributed by atoms with Crippen molar-refractivity contribution < 1.29 is 28.7 Å². The number of anilines is 1. The SMILES string of the molecule is CCC(C)(CC)c1cccc(NC(=O)c2cc(Oc3ccc(C(C)(C)c4ccc(Oc5ccc(C(=O)NC(CC)(CC)c6c(C)cccc6C)c(C=O)c5)cc4)cc3)ccc2C=O)c1. The van der Waals surface area contributed by atoms with Gasteiger partial charge in [0.2, 0.25) is 0 Å². The predicted octanol–water partition coefficient (Wildman–Crippen LogP) is 13.6. The van der Waals surface area contributed by atoms with Crippen LogP contribution in [0.15, 0.2) is 127 Å². The molecule has 0 aromatic heterocycles. The molecule has 8 nitrogen and oxygen atoms in total. The van der Waals surface area contributed by atoms with Gasteiger partial charge in [-0.2, -0.15) is 0 Å². The maximum Gasteiger partial charge on any atom is 0.256 e. The van der Waals surface area contributed by atoms with Gasteiger partial charge in [0.05, 0.1) is 16.7 Å². The summed E-state index contributed by atoms with van der Waals surface area (Å²) in [5.41, 5.74) is 7.31. The Hall–Kier alpha value is -6.80. The highest BCUT2D eigenvalue weighted by Gasteiger charge is 2.34. The third-order valence-electron chi connectivity index (χ3n) is 13.3. The smallest absolute Gasteiger partial charge is 0.256 e. The Balaban J connectivity index is 1.12. The second kappa shape index (κ2) is 19.7. The zero-order chi connectivity index (χ0) is 46.2. The Morgan fingerprint density at radius 3 is 1.58 bits per heavy atom. The third-order valence-corrected chi connectivity index (χ3v) is 13.3. The second-order valence-corrected chi connectivity index (χ2v) is 17.4. The van der Waals surface area contributed by atoms with Crippen molar-refractivity contribution in [2.24, 2.45) is 0 Å². The van der Waals surface area contributed by atoms with Crippen molar-refractivity contribution in [3.05, 3.63) is 183 Å². The van der Waals surface area contributed by atoms with Crippen LogP contribution in [0.3, 0.4) is 0 Å². The van der Waals surface area contributed by atoms with Crippen molar-refractivity contribution in [1.29, 1.82) is 0 Å². The molecule has 0 fully saturated rings. The van der Waals surface area contributed by atoms with Crippen LogP contribution >= 0.6 is 0 Å². The summed E-state index contributed by atoms with van der Waals surface area (Å²) >= 11 is 0. The van der Waals surface area contributed by atoms with Gasteiger partial charge in [0.1, 0.15) is 23.0 Å². The molecule has 0 bridgehead atoms. The average Bonchev–Trinajstić information content (AvgIpc) is 3.31. The zero-order valence-corrected chi connectivity index (χ0v) is 38.6. The number of hydrogen-bond donors (Lipinski definition) is 2. The number of rotatable bonds is 18. The normalized spacial score (nSPS) is 11.7. The molecule has 0 spiro atoms. The topological polar surface area (TPSA) is 111 Å². The van der Waals surface area contributed by atoms with E-state index in [9.17, 15) is 19.2 Å². The molecule has 0 aliphatic rings. The van der Waals surface area contributed by atoms with Crippen LogP contribution in [0.4, 0.5) is 5.69 Å². The maximum absolute atomic E-state index is 13.8. The summed E-state index contributed by atoms with van der Waals surface area (Å²) in [4.78, 5) is 51.6. The molecule has 0 atom stereocenters. The van der Waals surface area contributed by atoms with E-state index in [0.29, 0.717) is 59.7 Å². The molecule has 0 aliphatic carbocycles. The van der Waals surface area contributed by atoms with E-state index in [1.54, 1.807) is 36.4 Å². The molecule has 330 valence electrons. The first kappa shape index (κ1) is 46.7. The lowest BCUT2D eigenvalue weighted by Crippen LogP contribution is -2.46. The molecule has 64 heavy (non-hydrogen) atoms. The third kappa shape index (κ3) is 9.87. The van der Waals surface area contributed by atoms with Crippen molar-refractivity contribution in [3.8, 4) is 23.0 Å². The fourth-order valence-electron chi connectivity index (χ4n) is 8.65. The van der Waals surface area contributed by atoms with E-state index in [-0.39, 0.29) is 33.4 Å². The van der Waals surface area contributed by atoms with E-state index < -0.39 is 11.4 Å². The Kier molecular flexibility index (Phi) is 14.4. The van der Waals surface area contributed by atoms with Gasteiger partial charge in [0.15, 0.2) is 12.6 Å². The van der Waals surface area contributed by atoms with Gasteiger partial charge in [-0.05, 0) is 151 Å². The van der Waals surface area contributed by atoms with Gasteiger partial charge in [0, 0.05) is 22.2 Å². The number of carbonyl (C=O) groups excluding carboxylic acids is 4. The average molecular weight is 857 g/mol. The number of hydrogen-bond acceptors (Lipinski definition) is 6. The van der Waals surface area contributed by atoms with Gasteiger partial charge >= 0.3 is 0 Å². The highest BCUT2D eigenvalue weighted by molar-refractivity contribution is 6.09. The lowest BCUT2D eigenvalue weighted by atomic mass is 9.78. The van der Waals surface area contributed by atoms with Crippen molar-refractivity contribution in [2.75, 3.05) is 5.32 Å². The van der Waals surface area contributed by atoms with Gasteiger partial charge < -0.3 is 20.1 Å². The number of nitrogens with one attached hydrogen (secondary N) is 2. The van der Waals surface area contributed by atoms with E-state index in [0.717, 1.165) is 46.2 Å². The molecule has 6 aromatic rings. The van der Waals surface area contributed by atoms with Gasteiger partial charge in [-0.1, -0.05) is 103 Å². The first-order chi connectivity index (χ1) is 30.6. The molecule has 0 saturated carbocycles. The first-order valence-corrected chi connectivity index (χ1v) is 22.2. The van der Waals surface area contributed by atoms with Crippen LogP contribution in [0.25, 0.3) is 0 Å². The molecule has 0 radical (unpaired) electrons. The molecule has 0 unspecified atom stereocenters. The Labute approximate surface area is 378 Å². The quantitative estimate of drug-likeness (QED) is 0.0833. The monoisotopic (exact) mass is 856 g/mol. The van der Waals surface area contributed by atoms with Crippen LogP contribution in [0.2, 0.25) is 0 Å². The zero-order valence-electron chi connectivity index (χ0n) is 38.6. The summed E-state index contributed by atoms with van der Waals surface area (Å²) in [6.45, 7) is 19.1. The van der Waals surface area contributed by atoms with E-state index in [4.69, 9.17) is 9.47 Å². The molecular weight excluding hydrogens is 797 g/mol. The molecular formula is C56H60N2O6. The Morgan fingerprint density at radius 2 is 1.05 bits per heavy atom. The molecule has 0 heterocycles. The second-order valence-electron chi connectivity index (χ2n) is 17.4. The van der Waals surface area contributed by atoms with Crippen LogP contribution in [0, 0.1) is 13.8 Å². The number of aryl methyl sites for hydroxylation is 2. The number of carbonyl (C=O) groups is 4. The molecule has 2 N–H and O–H groups in total. The standard InChI is InChI=1S/C56H60N2O6/c1-10-55(9,11-2)43-18-15-19-44(33-43)57-52(61)50-34-48(25-20-39(50)35-59)64-46-28-23-42(24-29-46)54(7,8)41-21-26-45(27-22-41)63-47-30-31-49(40(32-47)36-60)53(62)58-56(12-3,13-4)51-37(5)16-14-17-38(51)6/h14-36H,10-13H2,1-9H3,(H,57,61)(H,58,62). The van der Waals surface area contributed by atoms with Crippen LogP contribution in [0.5, 0.6) is 23.0 Å². The Morgan fingerprint density at radius 1 is 0.531 bits per heavy atom. The number of ether oxygens (including phenoxy) is 2. The van der Waals surface area contributed by atoms with Crippen molar-refractivity contribution in [3.63, 3.8) is 0 Å². The van der Waals surface area contributed by atoms with Gasteiger partial charge in [-0.3, -0.25) is 19.2 Å². The van der Waals surface area contributed by atoms with Crippen molar-refractivity contribution in [1.82, 2.24) is 5.32 Å². The largest absolute Gasteiger partial charge is 0.457 e. The van der Waals surface area contributed by atoms with Crippen LogP contribution in [0.1, 0.15) is 149 Å². The minimum Gasteiger partial charge on any atom is -0.457 e. The van der Waals surface area contributed by atoms with E-state index in [2.05, 4.69) is 91.1 Å². The predicted molar refractivity (Wildman–Crippen MR) is 257 cm³/mol.